The Balaban J connectivity index is 2.30. The normalized spacial score (nSPS) is 10.2. The summed E-state index contributed by atoms with van der Waals surface area (Å²) in [6, 6.07) is 3.04. The van der Waals surface area contributed by atoms with Gasteiger partial charge in [0.05, 0.1) is 27.5 Å². The first kappa shape index (κ1) is 13.2. The van der Waals surface area contributed by atoms with Crippen LogP contribution in [0.5, 0.6) is 11.6 Å². The first-order valence-electron chi connectivity index (χ1n) is 4.92. The van der Waals surface area contributed by atoms with E-state index in [-0.39, 0.29) is 0 Å². The number of aromatic nitrogens is 2. The molecule has 0 atom stereocenters. The second-order valence-corrected chi connectivity index (χ2v) is 4.51. The number of benzene rings is 1. The molecule has 0 saturated heterocycles. The third-order valence-corrected chi connectivity index (χ3v) is 3.08. The average molecular weight is 305 g/mol. The summed E-state index contributed by atoms with van der Waals surface area (Å²) in [5.41, 5.74) is 0. The molecule has 18 heavy (non-hydrogen) atoms. The SMILES string of the molecule is CNc1cncc(Oc2cc(Cl)c(Cl)cc2Cl)n1. The van der Waals surface area contributed by atoms with Gasteiger partial charge in [-0.25, -0.2) is 0 Å². The molecular weight excluding hydrogens is 296 g/mol. The zero-order chi connectivity index (χ0) is 13.1. The molecule has 0 aliphatic heterocycles. The quantitative estimate of drug-likeness (QED) is 0.860. The molecule has 0 saturated carbocycles. The largest absolute Gasteiger partial charge is 0.436 e. The van der Waals surface area contributed by atoms with E-state index in [1.165, 1.54) is 18.3 Å². The van der Waals surface area contributed by atoms with Crippen LogP contribution in [0.2, 0.25) is 15.1 Å². The summed E-state index contributed by atoms with van der Waals surface area (Å²) in [5.74, 6) is 1.26. The van der Waals surface area contributed by atoms with Crippen LogP contribution in [0.15, 0.2) is 24.5 Å². The molecule has 1 heterocycles. The van der Waals surface area contributed by atoms with Gasteiger partial charge >= 0.3 is 0 Å². The predicted molar refractivity (Wildman–Crippen MR) is 73.1 cm³/mol. The number of nitrogens with zero attached hydrogens (tertiary/aromatic N) is 2. The maximum Gasteiger partial charge on any atom is 0.239 e. The van der Waals surface area contributed by atoms with Gasteiger partial charge in [-0.3, -0.25) is 4.98 Å². The summed E-state index contributed by atoms with van der Waals surface area (Å²) in [5, 5.41) is 3.92. The van der Waals surface area contributed by atoms with Crippen molar-refractivity contribution in [3.05, 3.63) is 39.6 Å². The Labute approximate surface area is 119 Å². The number of ether oxygens (including phenoxy) is 1. The van der Waals surface area contributed by atoms with Crippen molar-refractivity contribution in [2.24, 2.45) is 0 Å². The number of rotatable bonds is 3. The van der Waals surface area contributed by atoms with Gasteiger partial charge < -0.3 is 10.1 Å². The van der Waals surface area contributed by atoms with E-state index in [0.717, 1.165) is 0 Å². The highest BCUT2D eigenvalue weighted by Crippen LogP contribution is 2.35. The van der Waals surface area contributed by atoms with Crippen molar-refractivity contribution in [3.8, 4) is 11.6 Å². The summed E-state index contributed by atoms with van der Waals surface area (Å²) in [6.07, 6.45) is 3.04. The van der Waals surface area contributed by atoms with E-state index in [0.29, 0.717) is 32.5 Å². The van der Waals surface area contributed by atoms with E-state index >= 15 is 0 Å². The van der Waals surface area contributed by atoms with Gasteiger partial charge in [-0.15, -0.1) is 0 Å². The van der Waals surface area contributed by atoms with Crippen molar-refractivity contribution < 1.29 is 4.74 Å². The molecule has 0 amide bonds. The molecule has 0 unspecified atom stereocenters. The van der Waals surface area contributed by atoms with Crippen LogP contribution in [0.4, 0.5) is 5.82 Å². The Morgan fingerprint density at radius 1 is 1.06 bits per heavy atom. The second kappa shape index (κ2) is 5.61. The van der Waals surface area contributed by atoms with Gasteiger partial charge in [0.25, 0.3) is 0 Å². The van der Waals surface area contributed by atoms with Gasteiger partial charge in [-0.1, -0.05) is 34.8 Å². The minimum atomic E-state index is 0.308. The standard InChI is InChI=1S/C11H8Cl3N3O/c1-15-10-4-16-5-11(17-10)18-9-3-7(13)6(12)2-8(9)14/h2-5H,1H3,(H,15,17). The lowest BCUT2D eigenvalue weighted by atomic mass is 10.3. The third kappa shape index (κ3) is 2.96. The average Bonchev–Trinajstić information content (AvgIpc) is 2.36. The van der Waals surface area contributed by atoms with Gasteiger partial charge in [-0.05, 0) is 6.07 Å². The molecule has 0 fully saturated rings. The van der Waals surface area contributed by atoms with Crippen molar-refractivity contribution in [2.45, 2.75) is 0 Å². The van der Waals surface area contributed by atoms with Crippen molar-refractivity contribution in [3.63, 3.8) is 0 Å². The first-order valence-corrected chi connectivity index (χ1v) is 6.05. The fourth-order valence-electron chi connectivity index (χ4n) is 1.21. The highest BCUT2D eigenvalue weighted by atomic mass is 35.5. The van der Waals surface area contributed by atoms with Crippen LogP contribution in [0.25, 0.3) is 0 Å². The Hall–Kier alpha value is -1.23. The van der Waals surface area contributed by atoms with E-state index in [1.807, 2.05) is 0 Å². The fourth-order valence-corrected chi connectivity index (χ4v) is 1.79. The van der Waals surface area contributed by atoms with Gasteiger partial charge in [0, 0.05) is 13.1 Å². The minimum Gasteiger partial charge on any atom is -0.436 e. The lowest BCUT2D eigenvalue weighted by molar-refractivity contribution is 0.461. The molecule has 2 aromatic rings. The molecule has 0 aliphatic rings. The van der Waals surface area contributed by atoms with Crippen molar-refractivity contribution in [1.29, 1.82) is 0 Å². The number of hydrogen-bond acceptors (Lipinski definition) is 4. The van der Waals surface area contributed by atoms with Gasteiger partial charge in [0.15, 0.2) is 0 Å². The van der Waals surface area contributed by atoms with Gasteiger partial charge in [0.2, 0.25) is 5.88 Å². The maximum atomic E-state index is 5.99. The van der Waals surface area contributed by atoms with Crippen molar-refractivity contribution >= 4 is 40.6 Å². The van der Waals surface area contributed by atoms with Crippen LogP contribution in [0.1, 0.15) is 0 Å². The molecule has 1 aromatic carbocycles. The number of halogens is 3. The van der Waals surface area contributed by atoms with Gasteiger partial charge in [-0.2, -0.15) is 4.98 Å². The van der Waals surface area contributed by atoms with Crippen LogP contribution >= 0.6 is 34.8 Å². The third-order valence-electron chi connectivity index (χ3n) is 2.06. The lowest BCUT2D eigenvalue weighted by Crippen LogP contribution is -1.96. The zero-order valence-electron chi connectivity index (χ0n) is 9.25. The van der Waals surface area contributed by atoms with E-state index in [9.17, 15) is 0 Å². The predicted octanol–water partition coefficient (Wildman–Crippen LogP) is 4.27. The summed E-state index contributed by atoms with van der Waals surface area (Å²) < 4.78 is 5.50. The Bertz CT molecular complexity index is 577. The van der Waals surface area contributed by atoms with E-state index in [1.54, 1.807) is 13.2 Å². The Morgan fingerprint density at radius 2 is 1.78 bits per heavy atom. The van der Waals surface area contributed by atoms with Crippen molar-refractivity contribution in [2.75, 3.05) is 12.4 Å². The van der Waals surface area contributed by atoms with Crippen LogP contribution in [0.3, 0.4) is 0 Å². The number of nitrogens with one attached hydrogen (secondary N) is 1. The first-order chi connectivity index (χ1) is 8.60. The molecule has 0 bridgehead atoms. The zero-order valence-corrected chi connectivity index (χ0v) is 11.5. The van der Waals surface area contributed by atoms with E-state index in [2.05, 4.69) is 15.3 Å². The van der Waals surface area contributed by atoms with Gasteiger partial charge in [0.1, 0.15) is 11.6 Å². The Morgan fingerprint density at radius 3 is 2.50 bits per heavy atom. The summed E-state index contributed by atoms with van der Waals surface area (Å²) in [6.45, 7) is 0. The molecule has 0 radical (unpaired) electrons. The second-order valence-electron chi connectivity index (χ2n) is 3.29. The van der Waals surface area contributed by atoms with Crippen LogP contribution < -0.4 is 10.1 Å². The highest BCUT2D eigenvalue weighted by molar-refractivity contribution is 6.43. The van der Waals surface area contributed by atoms with Crippen LogP contribution in [-0.2, 0) is 0 Å². The summed E-state index contributed by atoms with van der Waals surface area (Å²) in [4.78, 5) is 8.12. The number of anilines is 1. The molecule has 4 nitrogen and oxygen atoms in total. The lowest BCUT2D eigenvalue weighted by Gasteiger charge is -2.08. The monoisotopic (exact) mass is 303 g/mol. The molecule has 1 aromatic heterocycles. The Kier molecular flexibility index (Phi) is 4.11. The van der Waals surface area contributed by atoms with Crippen LogP contribution in [0, 0.1) is 0 Å². The fraction of sp³-hybridized carbons (Fsp3) is 0.0909. The molecule has 2 rings (SSSR count). The summed E-state index contributed by atoms with van der Waals surface area (Å²) in [7, 11) is 1.74. The number of hydrogen-bond donors (Lipinski definition) is 1. The van der Waals surface area contributed by atoms with Crippen LogP contribution in [-0.4, -0.2) is 17.0 Å². The van der Waals surface area contributed by atoms with E-state index < -0.39 is 0 Å². The van der Waals surface area contributed by atoms with Crippen molar-refractivity contribution in [1.82, 2.24) is 9.97 Å². The molecule has 1 N–H and O–H groups in total. The minimum absolute atomic E-state index is 0.308. The highest BCUT2D eigenvalue weighted by Gasteiger charge is 2.09. The smallest absolute Gasteiger partial charge is 0.239 e. The maximum absolute atomic E-state index is 5.99. The topological polar surface area (TPSA) is 47.0 Å². The molecule has 94 valence electrons. The molecule has 7 heteroatoms. The molecule has 0 spiro atoms. The molecular formula is C11H8Cl3N3O. The summed E-state index contributed by atoms with van der Waals surface area (Å²) >= 11 is 17.7. The molecule has 0 aliphatic carbocycles. The van der Waals surface area contributed by atoms with E-state index in [4.69, 9.17) is 39.5 Å².